The molecular weight excluding hydrogens is 354 g/mol. The number of nitrogens with one attached hydrogen (secondary N) is 1. The molecule has 2 unspecified atom stereocenters. The topological polar surface area (TPSA) is 107 Å². The van der Waals surface area contributed by atoms with Gasteiger partial charge in [0.2, 0.25) is 11.8 Å². The maximum atomic E-state index is 12.5. The molecule has 7 heteroatoms. The van der Waals surface area contributed by atoms with Crippen molar-refractivity contribution in [1.29, 1.82) is 0 Å². The molecular formula is C19H24ClN3O3. The largest absolute Gasteiger partial charge is 0.491 e. The van der Waals surface area contributed by atoms with E-state index >= 15 is 0 Å². The summed E-state index contributed by atoms with van der Waals surface area (Å²) < 4.78 is 5.53. The van der Waals surface area contributed by atoms with Crippen LogP contribution in [0.1, 0.15) is 24.9 Å². The first-order chi connectivity index (χ1) is 12.0. The minimum Gasteiger partial charge on any atom is -0.491 e. The molecule has 2 rings (SSSR count). The first-order valence-corrected chi connectivity index (χ1v) is 8.10. The van der Waals surface area contributed by atoms with Gasteiger partial charge in [-0.05, 0) is 17.7 Å². The summed E-state index contributed by atoms with van der Waals surface area (Å²) in [5, 5.41) is 2.84. The van der Waals surface area contributed by atoms with E-state index in [9.17, 15) is 9.59 Å². The summed E-state index contributed by atoms with van der Waals surface area (Å²) in [6.07, 6.45) is 0.109. The highest BCUT2D eigenvalue weighted by atomic mass is 35.5. The van der Waals surface area contributed by atoms with Crippen molar-refractivity contribution in [2.75, 3.05) is 11.9 Å². The van der Waals surface area contributed by atoms with E-state index < -0.39 is 17.9 Å². The quantitative estimate of drug-likeness (QED) is 0.657. The lowest BCUT2D eigenvalue weighted by atomic mass is 9.94. The highest BCUT2D eigenvalue weighted by Crippen LogP contribution is 2.26. The van der Waals surface area contributed by atoms with Gasteiger partial charge >= 0.3 is 0 Å². The number of ether oxygens (including phenoxy) is 1. The van der Waals surface area contributed by atoms with Gasteiger partial charge in [-0.1, -0.05) is 49.4 Å². The number of benzene rings is 2. The maximum Gasteiger partial charge on any atom is 0.229 e. The number of halogens is 1. The molecule has 2 aromatic rings. The number of para-hydroxylation sites is 2. The third-order valence-corrected chi connectivity index (χ3v) is 3.89. The van der Waals surface area contributed by atoms with Crippen LogP contribution in [0.3, 0.4) is 0 Å². The van der Waals surface area contributed by atoms with Gasteiger partial charge in [-0.25, -0.2) is 0 Å². The lowest BCUT2D eigenvalue weighted by Gasteiger charge is -2.20. The van der Waals surface area contributed by atoms with Gasteiger partial charge in [0.15, 0.2) is 0 Å². The number of carbonyl (C=O) groups excluding carboxylic acids is 2. The highest BCUT2D eigenvalue weighted by Gasteiger charge is 2.23. The Hall–Kier alpha value is -2.57. The molecule has 2 aromatic carbocycles. The van der Waals surface area contributed by atoms with Gasteiger partial charge in [-0.3, -0.25) is 9.59 Å². The summed E-state index contributed by atoms with van der Waals surface area (Å²) >= 11 is 0. The van der Waals surface area contributed by atoms with Gasteiger partial charge in [0.1, 0.15) is 5.75 Å². The van der Waals surface area contributed by atoms with Crippen LogP contribution in [-0.2, 0) is 9.59 Å². The fourth-order valence-electron chi connectivity index (χ4n) is 2.33. The van der Waals surface area contributed by atoms with E-state index in [1.54, 1.807) is 31.2 Å². The molecule has 0 aromatic heterocycles. The van der Waals surface area contributed by atoms with Crippen molar-refractivity contribution >= 4 is 29.9 Å². The second-order valence-corrected chi connectivity index (χ2v) is 5.78. The molecule has 0 saturated heterocycles. The standard InChI is InChI=1S/C19H23N3O3.ClH/c1-13(18(21)14-7-3-2-4-8-14)19(24)22-15-9-5-6-10-16(15)25-12-11-17(20)23;/h2-10,13,18H,11-12,21H2,1H3,(H2,20,23)(H,22,24);1H. The number of hydrogen-bond acceptors (Lipinski definition) is 4. The zero-order valence-corrected chi connectivity index (χ0v) is 15.4. The molecule has 0 spiro atoms. The Bertz CT molecular complexity index is 725. The fraction of sp³-hybridized carbons (Fsp3) is 0.263. The highest BCUT2D eigenvalue weighted by molar-refractivity contribution is 5.94. The van der Waals surface area contributed by atoms with Crippen LogP contribution in [0, 0.1) is 5.92 Å². The van der Waals surface area contributed by atoms with E-state index in [4.69, 9.17) is 16.2 Å². The van der Waals surface area contributed by atoms with Crippen LogP contribution in [0.4, 0.5) is 5.69 Å². The molecule has 0 aliphatic carbocycles. The predicted molar refractivity (Wildman–Crippen MR) is 104 cm³/mol. The molecule has 0 heterocycles. The van der Waals surface area contributed by atoms with E-state index in [1.807, 2.05) is 30.3 Å². The first-order valence-electron chi connectivity index (χ1n) is 8.10. The van der Waals surface area contributed by atoms with Crippen LogP contribution in [0.15, 0.2) is 54.6 Å². The zero-order valence-electron chi connectivity index (χ0n) is 14.6. The van der Waals surface area contributed by atoms with Crippen molar-refractivity contribution in [3.8, 4) is 5.75 Å². The maximum absolute atomic E-state index is 12.5. The summed E-state index contributed by atoms with van der Waals surface area (Å²) in [6.45, 7) is 1.94. The van der Waals surface area contributed by atoms with Crippen molar-refractivity contribution in [2.24, 2.45) is 17.4 Å². The Morgan fingerprint density at radius 2 is 1.69 bits per heavy atom. The van der Waals surface area contributed by atoms with Gasteiger partial charge in [0.25, 0.3) is 0 Å². The Morgan fingerprint density at radius 1 is 1.08 bits per heavy atom. The van der Waals surface area contributed by atoms with E-state index in [0.29, 0.717) is 11.4 Å². The van der Waals surface area contributed by atoms with Gasteiger partial charge in [0.05, 0.1) is 24.6 Å². The second kappa shape index (κ2) is 10.4. The van der Waals surface area contributed by atoms with Gasteiger partial charge in [-0.2, -0.15) is 0 Å². The molecule has 0 radical (unpaired) electrons. The number of hydrogen-bond donors (Lipinski definition) is 3. The average molecular weight is 378 g/mol. The zero-order chi connectivity index (χ0) is 18.2. The van der Waals surface area contributed by atoms with Crippen LogP contribution in [0.2, 0.25) is 0 Å². The van der Waals surface area contributed by atoms with Crippen LogP contribution in [0.25, 0.3) is 0 Å². The number of carbonyl (C=O) groups is 2. The molecule has 0 aliphatic rings. The van der Waals surface area contributed by atoms with E-state index in [0.717, 1.165) is 5.56 Å². The van der Waals surface area contributed by atoms with Crippen molar-refractivity contribution in [3.05, 3.63) is 60.2 Å². The van der Waals surface area contributed by atoms with Crippen molar-refractivity contribution in [3.63, 3.8) is 0 Å². The number of amides is 2. The van der Waals surface area contributed by atoms with E-state index in [2.05, 4.69) is 5.32 Å². The van der Waals surface area contributed by atoms with E-state index in [1.165, 1.54) is 0 Å². The van der Waals surface area contributed by atoms with Crippen molar-refractivity contribution in [2.45, 2.75) is 19.4 Å². The van der Waals surface area contributed by atoms with Crippen LogP contribution >= 0.6 is 12.4 Å². The molecule has 6 nitrogen and oxygen atoms in total. The van der Waals surface area contributed by atoms with Crippen molar-refractivity contribution < 1.29 is 14.3 Å². The summed E-state index contributed by atoms with van der Waals surface area (Å²) in [7, 11) is 0. The number of primary amides is 1. The molecule has 26 heavy (non-hydrogen) atoms. The molecule has 5 N–H and O–H groups in total. The molecule has 0 saturated carbocycles. The lowest BCUT2D eigenvalue weighted by Crippen LogP contribution is -2.30. The molecule has 0 bridgehead atoms. The van der Waals surface area contributed by atoms with Gasteiger partial charge in [-0.15, -0.1) is 12.4 Å². The SMILES string of the molecule is CC(C(=O)Nc1ccccc1OCCC(N)=O)C(N)c1ccccc1.Cl. The minimum absolute atomic E-state index is 0. The number of nitrogens with two attached hydrogens (primary N) is 2. The van der Waals surface area contributed by atoms with Gasteiger partial charge < -0.3 is 21.5 Å². The van der Waals surface area contributed by atoms with Crippen LogP contribution in [-0.4, -0.2) is 18.4 Å². The summed E-state index contributed by atoms with van der Waals surface area (Å²) in [5.41, 5.74) is 12.7. The summed E-state index contributed by atoms with van der Waals surface area (Å²) in [5.74, 6) is -0.593. The third kappa shape index (κ3) is 6.06. The van der Waals surface area contributed by atoms with Crippen LogP contribution < -0.4 is 21.5 Å². The summed E-state index contributed by atoms with van der Waals surface area (Å²) in [4.78, 5) is 23.4. The molecule has 2 amide bonds. The Kier molecular flexibility index (Phi) is 8.61. The van der Waals surface area contributed by atoms with Crippen LogP contribution in [0.5, 0.6) is 5.75 Å². The Balaban J connectivity index is 0.00000338. The van der Waals surface area contributed by atoms with Gasteiger partial charge in [0, 0.05) is 6.04 Å². The molecule has 0 fully saturated rings. The monoisotopic (exact) mass is 377 g/mol. The lowest BCUT2D eigenvalue weighted by molar-refractivity contribution is -0.120. The van der Waals surface area contributed by atoms with Crippen molar-refractivity contribution in [1.82, 2.24) is 0 Å². The Morgan fingerprint density at radius 3 is 2.35 bits per heavy atom. The summed E-state index contributed by atoms with van der Waals surface area (Å²) in [6, 6.07) is 16.1. The molecule has 2 atom stereocenters. The normalized spacial score (nSPS) is 12.4. The third-order valence-electron chi connectivity index (χ3n) is 3.89. The number of anilines is 1. The molecule has 140 valence electrons. The minimum atomic E-state index is -0.441. The smallest absolute Gasteiger partial charge is 0.229 e. The molecule has 0 aliphatic heterocycles. The predicted octanol–water partition coefficient (Wildman–Crippen LogP) is 2.64. The Labute approximate surface area is 159 Å². The second-order valence-electron chi connectivity index (χ2n) is 5.78. The average Bonchev–Trinajstić information content (AvgIpc) is 2.62. The fourth-order valence-corrected chi connectivity index (χ4v) is 2.33. The van der Waals surface area contributed by atoms with E-state index in [-0.39, 0.29) is 31.3 Å². The number of rotatable bonds is 8. The first kappa shape index (κ1) is 21.5.